The fourth-order valence-corrected chi connectivity index (χ4v) is 2.94. The third-order valence-electron chi connectivity index (χ3n) is 4.23. The third kappa shape index (κ3) is 2.71. The van der Waals surface area contributed by atoms with Crippen LogP contribution in [0.1, 0.15) is 10.4 Å². The summed E-state index contributed by atoms with van der Waals surface area (Å²) in [5.74, 6) is 0.376. The number of benzene rings is 1. The molecule has 2 heterocycles. The first-order valence-electron chi connectivity index (χ1n) is 7.58. The molecule has 0 aromatic heterocycles. The number of methoxy groups -OCH3 is 3. The van der Waals surface area contributed by atoms with Crippen molar-refractivity contribution in [2.45, 2.75) is 6.04 Å². The molecule has 134 valence electrons. The average Bonchev–Trinajstić information content (AvgIpc) is 2.91. The highest BCUT2D eigenvalue weighted by atomic mass is 16.6. The van der Waals surface area contributed by atoms with E-state index in [1.165, 1.54) is 26.2 Å². The van der Waals surface area contributed by atoms with Crippen molar-refractivity contribution >= 4 is 17.9 Å². The predicted octanol–water partition coefficient (Wildman–Crippen LogP) is 0.516. The first kappa shape index (κ1) is 16.9. The zero-order chi connectivity index (χ0) is 18.1. The van der Waals surface area contributed by atoms with Crippen LogP contribution in [0.5, 0.6) is 17.2 Å². The normalized spacial score (nSPS) is 17.2. The van der Waals surface area contributed by atoms with Crippen LogP contribution in [0.4, 0.5) is 4.79 Å². The molecular formula is C16H18N2O7. The molecule has 0 radical (unpaired) electrons. The maximum absolute atomic E-state index is 12.7. The summed E-state index contributed by atoms with van der Waals surface area (Å²) >= 11 is 0. The molecule has 3 rings (SSSR count). The summed E-state index contributed by atoms with van der Waals surface area (Å²) in [7, 11) is 4.38. The molecule has 9 nitrogen and oxygen atoms in total. The van der Waals surface area contributed by atoms with E-state index in [0.29, 0.717) is 17.1 Å². The summed E-state index contributed by atoms with van der Waals surface area (Å²) in [6.07, 6.45) is -0.661. The van der Waals surface area contributed by atoms with Gasteiger partial charge in [-0.1, -0.05) is 0 Å². The summed E-state index contributed by atoms with van der Waals surface area (Å²) in [5, 5.41) is 0. The van der Waals surface area contributed by atoms with Crippen molar-refractivity contribution in [3.05, 3.63) is 17.7 Å². The van der Waals surface area contributed by atoms with Crippen molar-refractivity contribution in [3.63, 3.8) is 0 Å². The van der Waals surface area contributed by atoms with Gasteiger partial charge in [0.05, 0.1) is 32.9 Å². The van der Waals surface area contributed by atoms with E-state index in [-0.39, 0.29) is 43.3 Å². The van der Waals surface area contributed by atoms with Gasteiger partial charge in [-0.2, -0.15) is 0 Å². The number of nitrogens with zero attached hydrogens (tertiary/aromatic N) is 2. The van der Waals surface area contributed by atoms with Crippen molar-refractivity contribution in [2.24, 2.45) is 0 Å². The number of amides is 3. The minimum absolute atomic E-state index is 0.243. The lowest BCUT2D eigenvalue weighted by atomic mass is 10.0. The van der Waals surface area contributed by atoms with Crippen LogP contribution in [-0.4, -0.2) is 74.8 Å². The smallest absolute Gasteiger partial charge is 0.417 e. The highest BCUT2D eigenvalue weighted by Gasteiger charge is 2.45. The number of hydrogen-bond acceptors (Lipinski definition) is 7. The number of carbonyl (C=O) groups excluding carboxylic acids is 3. The second-order valence-electron chi connectivity index (χ2n) is 5.56. The monoisotopic (exact) mass is 350 g/mol. The molecule has 2 aliphatic rings. The molecule has 0 saturated carbocycles. The van der Waals surface area contributed by atoms with E-state index in [1.54, 1.807) is 12.1 Å². The highest BCUT2D eigenvalue weighted by Crippen LogP contribution is 2.40. The Morgan fingerprint density at radius 1 is 1.08 bits per heavy atom. The lowest BCUT2D eigenvalue weighted by molar-refractivity contribution is -0.129. The summed E-state index contributed by atoms with van der Waals surface area (Å²) in [4.78, 5) is 38.5. The molecule has 1 aromatic carbocycles. The quantitative estimate of drug-likeness (QED) is 0.764. The van der Waals surface area contributed by atoms with E-state index in [4.69, 9.17) is 18.9 Å². The maximum atomic E-state index is 12.7. The van der Waals surface area contributed by atoms with Gasteiger partial charge in [-0.15, -0.1) is 0 Å². The van der Waals surface area contributed by atoms with Gasteiger partial charge in [0.25, 0.3) is 11.8 Å². The number of likely N-dealkylation sites (tertiary alicyclic amines) is 1. The van der Waals surface area contributed by atoms with Gasteiger partial charge in [0.15, 0.2) is 18.1 Å². The highest BCUT2D eigenvalue weighted by molar-refractivity contribution is 6.00. The number of rotatable bonds is 5. The Morgan fingerprint density at radius 2 is 1.76 bits per heavy atom. The number of imide groups is 1. The van der Waals surface area contributed by atoms with Gasteiger partial charge < -0.3 is 23.8 Å². The molecular weight excluding hydrogens is 332 g/mol. The van der Waals surface area contributed by atoms with Crippen molar-refractivity contribution in [3.8, 4) is 17.2 Å². The van der Waals surface area contributed by atoms with Gasteiger partial charge in [-0.3, -0.25) is 9.59 Å². The second-order valence-corrected chi connectivity index (χ2v) is 5.56. The second kappa shape index (κ2) is 6.50. The SMILES string of the molecule is COc1ccc(C(=O)N2CC(N3C(=O)COC3=O)C2)c(OC)c1OC. The molecule has 0 unspecified atom stereocenters. The molecule has 9 heteroatoms. The van der Waals surface area contributed by atoms with E-state index in [0.717, 1.165) is 4.90 Å². The van der Waals surface area contributed by atoms with E-state index in [9.17, 15) is 14.4 Å². The first-order valence-corrected chi connectivity index (χ1v) is 7.58. The Bertz CT molecular complexity index is 711. The van der Waals surface area contributed by atoms with Crippen LogP contribution in [0.25, 0.3) is 0 Å². The van der Waals surface area contributed by atoms with Crippen molar-refractivity contribution < 1.29 is 33.3 Å². The minimum Gasteiger partial charge on any atom is -0.493 e. The molecule has 2 aliphatic heterocycles. The number of carbonyl (C=O) groups is 3. The molecule has 0 aliphatic carbocycles. The number of cyclic esters (lactones) is 1. The Balaban J connectivity index is 1.77. The molecule has 3 amide bonds. The lowest BCUT2D eigenvalue weighted by Crippen LogP contribution is -2.62. The van der Waals surface area contributed by atoms with Gasteiger partial charge in [0, 0.05) is 13.1 Å². The minimum atomic E-state index is -0.661. The third-order valence-corrected chi connectivity index (χ3v) is 4.23. The molecule has 0 bridgehead atoms. The lowest BCUT2D eigenvalue weighted by Gasteiger charge is -2.42. The van der Waals surface area contributed by atoms with Gasteiger partial charge in [-0.25, -0.2) is 9.69 Å². The van der Waals surface area contributed by atoms with E-state index >= 15 is 0 Å². The van der Waals surface area contributed by atoms with Crippen LogP contribution in [0.15, 0.2) is 12.1 Å². The number of hydrogen-bond donors (Lipinski definition) is 0. The van der Waals surface area contributed by atoms with Gasteiger partial charge in [-0.05, 0) is 12.1 Å². The zero-order valence-corrected chi connectivity index (χ0v) is 14.1. The van der Waals surface area contributed by atoms with E-state index in [2.05, 4.69) is 0 Å². The maximum Gasteiger partial charge on any atom is 0.417 e. The molecule has 2 fully saturated rings. The van der Waals surface area contributed by atoms with Crippen molar-refractivity contribution in [2.75, 3.05) is 41.0 Å². The summed E-state index contributed by atoms with van der Waals surface area (Å²) in [6.45, 7) is 0.251. The van der Waals surface area contributed by atoms with Crippen molar-refractivity contribution in [1.82, 2.24) is 9.80 Å². The first-order chi connectivity index (χ1) is 12.0. The van der Waals surface area contributed by atoms with E-state index in [1.807, 2.05) is 0 Å². The molecule has 0 atom stereocenters. The molecule has 0 N–H and O–H groups in total. The van der Waals surface area contributed by atoms with Gasteiger partial charge in [0.1, 0.15) is 0 Å². The predicted molar refractivity (Wildman–Crippen MR) is 84.0 cm³/mol. The number of ether oxygens (including phenoxy) is 4. The molecule has 2 saturated heterocycles. The van der Waals surface area contributed by atoms with Crippen LogP contribution in [0, 0.1) is 0 Å². The van der Waals surface area contributed by atoms with Crippen LogP contribution >= 0.6 is 0 Å². The molecule has 1 aromatic rings. The van der Waals surface area contributed by atoms with Crippen LogP contribution in [-0.2, 0) is 9.53 Å². The van der Waals surface area contributed by atoms with Gasteiger partial charge in [0.2, 0.25) is 5.75 Å². The van der Waals surface area contributed by atoms with Gasteiger partial charge >= 0.3 is 6.09 Å². The topological polar surface area (TPSA) is 94.6 Å². The standard InChI is InChI=1S/C16H18N2O7/c1-22-11-5-4-10(13(23-2)14(11)24-3)15(20)17-6-9(7-17)18-12(19)8-25-16(18)21/h4-5,9H,6-8H2,1-3H3. The Labute approximate surface area is 144 Å². The summed E-state index contributed by atoms with van der Waals surface area (Å²) in [6, 6.07) is 2.84. The fraction of sp³-hybridized carbons (Fsp3) is 0.438. The average molecular weight is 350 g/mol. The Hall–Kier alpha value is -2.97. The molecule has 0 spiro atoms. The fourth-order valence-electron chi connectivity index (χ4n) is 2.94. The Kier molecular flexibility index (Phi) is 4.39. The zero-order valence-electron chi connectivity index (χ0n) is 14.1. The van der Waals surface area contributed by atoms with Crippen LogP contribution < -0.4 is 14.2 Å². The van der Waals surface area contributed by atoms with Crippen molar-refractivity contribution in [1.29, 1.82) is 0 Å². The summed E-state index contributed by atoms with van der Waals surface area (Å²) in [5.41, 5.74) is 0.314. The van der Waals surface area contributed by atoms with E-state index < -0.39 is 6.09 Å². The molecule has 25 heavy (non-hydrogen) atoms. The Morgan fingerprint density at radius 3 is 2.28 bits per heavy atom. The summed E-state index contributed by atoms with van der Waals surface area (Å²) < 4.78 is 20.5. The van der Waals surface area contributed by atoms with Crippen LogP contribution in [0.2, 0.25) is 0 Å². The largest absolute Gasteiger partial charge is 0.493 e. The van der Waals surface area contributed by atoms with Crippen LogP contribution in [0.3, 0.4) is 0 Å².